The van der Waals surface area contributed by atoms with E-state index in [-0.39, 0.29) is 23.8 Å². The van der Waals surface area contributed by atoms with Gasteiger partial charge in [-0.3, -0.25) is 9.36 Å². The molecule has 1 N–H and O–H groups in total. The number of ether oxygens (including phenoxy) is 1. The maximum absolute atomic E-state index is 12.7. The molecule has 1 amide bonds. The first kappa shape index (κ1) is 22.7. The zero-order valence-corrected chi connectivity index (χ0v) is 19.1. The van der Waals surface area contributed by atoms with Crippen LogP contribution in [-0.2, 0) is 17.9 Å². The molecule has 6 nitrogen and oxygen atoms in total. The molecular formula is C22H29ClN4O2S. The van der Waals surface area contributed by atoms with Crippen molar-refractivity contribution < 1.29 is 9.53 Å². The summed E-state index contributed by atoms with van der Waals surface area (Å²) in [5.41, 5.74) is 0. The van der Waals surface area contributed by atoms with Gasteiger partial charge in [0.25, 0.3) is 0 Å². The predicted octanol–water partition coefficient (Wildman–Crippen LogP) is 4.87. The Bertz CT molecular complexity index is 855. The Hall–Kier alpha value is -1.99. The van der Waals surface area contributed by atoms with Crippen molar-refractivity contribution in [2.75, 3.05) is 0 Å². The molecule has 1 aromatic carbocycles. The van der Waals surface area contributed by atoms with Gasteiger partial charge in [-0.1, -0.05) is 49.2 Å². The summed E-state index contributed by atoms with van der Waals surface area (Å²) in [6.07, 6.45) is 6.46. The molecule has 1 heterocycles. The molecule has 0 bridgehead atoms. The highest BCUT2D eigenvalue weighted by molar-refractivity contribution is 8.00. The van der Waals surface area contributed by atoms with E-state index in [0.717, 1.165) is 6.42 Å². The Labute approximate surface area is 187 Å². The third-order valence-corrected chi connectivity index (χ3v) is 6.71. The van der Waals surface area contributed by atoms with Gasteiger partial charge in [0.1, 0.15) is 12.4 Å². The lowest BCUT2D eigenvalue weighted by Gasteiger charge is -2.30. The van der Waals surface area contributed by atoms with Gasteiger partial charge in [-0.15, -0.1) is 16.8 Å². The van der Waals surface area contributed by atoms with Crippen molar-refractivity contribution >= 4 is 29.3 Å². The van der Waals surface area contributed by atoms with Crippen molar-refractivity contribution in [1.82, 2.24) is 20.1 Å². The lowest BCUT2D eigenvalue weighted by atomic mass is 9.86. The average Bonchev–Trinajstić information content (AvgIpc) is 3.11. The van der Waals surface area contributed by atoms with Gasteiger partial charge >= 0.3 is 0 Å². The minimum absolute atomic E-state index is 0.0471. The van der Waals surface area contributed by atoms with Crippen LogP contribution in [-0.4, -0.2) is 32.0 Å². The Morgan fingerprint density at radius 1 is 1.37 bits per heavy atom. The Kier molecular flexibility index (Phi) is 8.22. The minimum Gasteiger partial charge on any atom is -0.486 e. The van der Waals surface area contributed by atoms with Gasteiger partial charge in [0, 0.05) is 17.6 Å². The first-order valence-electron chi connectivity index (χ1n) is 10.4. The lowest BCUT2D eigenvalue weighted by Crippen LogP contribution is -2.44. The largest absolute Gasteiger partial charge is 0.486 e. The second kappa shape index (κ2) is 10.9. The lowest BCUT2D eigenvalue weighted by molar-refractivity contribution is -0.121. The second-order valence-corrected chi connectivity index (χ2v) is 9.42. The molecule has 8 heteroatoms. The van der Waals surface area contributed by atoms with Crippen LogP contribution in [0.3, 0.4) is 0 Å². The van der Waals surface area contributed by atoms with E-state index in [1.54, 1.807) is 18.2 Å². The van der Waals surface area contributed by atoms with Crippen molar-refractivity contribution in [2.45, 2.75) is 69.1 Å². The molecule has 162 valence electrons. The molecule has 0 radical (unpaired) electrons. The van der Waals surface area contributed by atoms with E-state index in [2.05, 4.69) is 29.0 Å². The number of nitrogens with one attached hydrogen (secondary N) is 1. The number of nitrogens with zero attached hydrogens (tertiary/aromatic N) is 3. The molecule has 1 aliphatic rings. The van der Waals surface area contributed by atoms with E-state index in [9.17, 15) is 4.79 Å². The van der Waals surface area contributed by atoms with Gasteiger partial charge in [0.15, 0.2) is 11.0 Å². The third kappa shape index (κ3) is 6.01. The number of halogens is 1. The summed E-state index contributed by atoms with van der Waals surface area (Å²) in [5, 5.41) is 12.9. The average molecular weight is 449 g/mol. The number of carbonyl (C=O) groups excluding carboxylic acids is 1. The molecule has 0 aliphatic heterocycles. The number of thioether (sulfide) groups is 1. The highest BCUT2D eigenvalue weighted by Crippen LogP contribution is 2.26. The van der Waals surface area contributed by atoms with Gasteiger partial charge < -0.3 is 10.1 Å². The summed E-state index contributed by atoms with van der Waals surface area (Å²) in [5.74, 6) is 1.96. The minimum atomic E-state index is -0.267. The van der Waals surface area contributed by atoms with Crippen LogP contribution in [0.1, 0.15) is 45.4 Å². The maximum Gasteiger partial charge on any atom is 0.233 e. The fourth-order valence-electron chi connectivity index (χ4n) is 3.55. The van der Waals surface area contributed by atoms with Crippen LogP contribution >= 0.6 is 23.4 Å². The van der Waals surface area contributed by atoms with Crippen molar-refractivity contribution in [3.05, 3.63) is 47.8 Å². The summed E-state index contributed by atoms with van der Waals surface area (Å²) in [6.45, 7) is 8.76. The maximum atomic E-state index is 12.7. The Balaban J connectivity index is 1.62. The third-order valence-electron chi connectivity index (χ3n) is 5.38. The van der Waals surface area contributed by atoms with E-state index >= 15 is 0 Å². The number of benzene rings is 1. The van der Waals surface area contributed by atoms with Crippen LogP contribution in [0.4, 0.5) is 0 Å². The number of hydrogen-bond donors (Lipinski definition) is 1. The molecule has 3 rings (SSSR count). The van der Waals surface area contributed by atoms with Crippen molar-refractivity contribution in [2.24, 2.45) is 5.92 Å². The number of rotatable bonds is 9. The molecule has 1 saturated carbocycles. The quantitative estimate of drug-likeness (QED) is 0.437. The summed E-state index contributed by atoms with van der Waals surface area (Å²) >= 11 is 7.32. The molecular weight excluding hydrogens is 420 g/mol. The molecule has 3 atom stereocenters. The zero-order valence-electron chi connectivity index (χ0n) is 17.5. The molecule has 1 aromatic heterocycles. The normalized spacial score (nSPS) is 19.8. The van der Waals surface area contributed by atoms with Crippen molar-refractivity contribution in [1.29, 1.82) is 0 Å². The number of amides is 1. The topological polar surface area (TPSA) is 69.0 Å². The van der Waals surface area contributed by atoms with Crippen LogP contribution < -0.4 is 10.1 Å². The second-order valence-electron chi connectivity index (χ2n) is 7.68. The molecule has 1 fully saturated rings. The van der Waals surface area contributed by atoms with Crippen LogP contribution in [0, 0.1) is 5.92 Å². The van der Waals surface area contributed by atoms with E-state index < -0.39 is 0 Å². The van der Waals surface area contributed by atoms with E-state index in [4.69, 9.17) is 16.3 Å². The highest BCUT2D eigenvalue weighted by Gasteiger charge is 2.26. The molecule has 2 aromatic rings. The van der Waals surface area contributed by atoms with Gasteiger partial charge in [0.05, 0.1) is 5.25 Å². The number of allylic oxidation sites excluding steroid dienone is 1. The fourth-order valence-corrected chi connectivity index (χ4v) is 4.56. The standard InChI is InChI=1S/C22H29ClN4O2S/c1-4-13-27-20(14-29-18-11-9-17(23)10-12-18)25-26-22(27)30-16(3)21(28)24-19-8-6-5-7-15(19)2/h4,9-12,15-16,19H,1,5-8,13-14H2,2-3H3,(H,24,28). The predicted molar refractivity (Wildman–Crippen MR) is 121 cm³/mol. The summed E-state index contributed by atoms with van der Waals surface area (Å²) in [6, 6.07) is 7.44. The van der Waals surface area contributed by atoms with Gasteiger partial charge in [-0.25, -0.2) is 0 Å². The Morgan fingerprint density at radius 2 is 2.10 bits per heavy atom. The smallest absolute Gasteiger partial charge is 0.233 e. The Morgan fingerprint density at radius 3 is 2.80 bits per heavy atom. The van der Waals surface area contributed by atoms with Crippen LogP contribution in [0.15, 0.2) is 42.1 Å². The zero-order chi connectivity index (χ0) is 21.5. The molecule has 0 saturated heterocycles. The van der Waals surface area contributed by atoms with Gasteiger partial charge in [-0.05, 0) is 49.9 Å². The van der Waals surface area contributed by atoms with E-state index in [0.29, 0.717) is 34.2 Å². The summed E-state index contributed by atoms with van der Waals surface area (Å²) < 4.78 is 7.74. The van der Waals surface area contributed by atoms with Crippen LogP contribution in [0.25, 0.3) is 0 Å². The molecule has 1 aliphatic carbocycles. The summed E-state index contributed by atoms with van der Waals surface area (Å²) in [4.78, 5) is 12.7. The van der Waals surface area contributed by atoms with Gasteiger partial charge in [0.2, 0.25) is 5.91 Å². The van der Waals surface area contributed by atoms with Crippen molar-refractivity contribution in [3.63, 3.8) is 0 Å². The summed E-state index contributed by atoms with van der Waals surface area (Å²) in [7, 11) is 0. The number of aromatic nitrogens is 3. The molecule has 3 unspecified atom stereocenters. The van der Waals surface area contributed by atoms with Crippen molar-refractivity contribution in [3.8, 4) is 5.75 Å². The van der Waals surface area contributed by atoms with Gasteiger partial charge in [-0.2, -0.15) is 0 Å². The number of carbonyl (C=O) groups is 1. The van der Waals surface area contributed by atoms with E-state index in [1.165, 1.54) is 31.0 Å². The highest BCUT2D eigenvalue weighted by atomic mass is 35.5. The fraction of sp³-hybridized carbons (Fsp3) is 0.500. The van der Waals surface area contributed by atoms with Crippen LogP contribution in [0.2, 0.25) is 5.02 Å². The SMILES string of the molecule is C=CCn1c(COc2ccc(Cl)cc2)nnc1SC(C)C(=O)NC1CCCCC1C. The first-order valence-corrected chi connectivity index (χ1v) is 11.6. The first-order chi connectivity index (χ1) is 14.5. The molecule has 30 heavy (non-hydrogen) atoms. The monoisotopic (exact) mass is 448 g/mol. The number of hydrogen-bond acceptors (Lipinski definition) is 5. The van der Waals surface area contributed by atoms with Crippen LogP contribution in [0.5, 0.6) is 5.75 Å². The molecule has 0 spiro atoms. The van der Waals surface area contributed by atoms with E-state index in [1.807, 2.05) is 23.6 Å².